The minimum Gasteiger partial charge on any atom is -0.378 e. The van der Waals surface area contributed by atoms with Crippen molar-refractivity contribution in [2.45, 2.75) is 27.7 Å². The Hall–Kier alpha value is -2.40. The lowest BCUT2D eigenvalue weighted by Crippen LogP contribution is -2.15. The van der Waals surface area contributed by atoms with Crippen LogP contribution < -0.4 is 10.4 Å². The van der Waals surface area contributed by atoms with Crippen molar-refractivity contribution in [2.75, 3.05) is 19.0 Å². The van der Waals surface area contributed by atoms with Crippen molar-refractivity contribution in [1.82, 2.24) is 5.48 Å². The summed E-state index contributed by atoms with van der Waals surface area (Å²) in [5.41, 5.74) is 3.91. The molecule has 0 saturated carbocycles. The van der Waals surface area contributed by atoms with Crippen LogP contribution in [-0.4, -0.2) is 31.0 Å². The summed E-state index contributed by atoms with van der Waals surface area (Å²) in [6.45, 7) is 7.61. The van der Waals surface area contributed by atoms with Gasteiger partial charge in [0.2, 0.25) is 0 Å². The first-order valence-corrected chi connectivity index (χ1v) is 7.97. The van der Waals surface area contributed by atoms with E-state index < -0.39 is 5.91 Å². The van der Waals surface area contributed by atoms with Gasteiger partial charge in [0.15, 0.2) is 5.78 Å². The van der Waals surface area contributed by atoms with Crippen LogP contribution in [0.1, 0.15) is 38.1 Å². The van der Waals surface area contributed by atoms with Gasteiger partial charge in [-0.3, -0.25) is 14.8 Å². The number of hydrogen-bond donors (Lipinski definition) is 2. The Morgan fingerprint density at radius 1 is 1.21 bits per heavy atom. The molecule has 0 radical (unpaired) electrons. The summed E-state index contributed by atoms with van der Waals surface area (Å²) in [5, 5.41) is 8.41. The van der Waals surface area contributed by atoms with Gasteiger partial charge >= 0.3 is 0 Å². The standard InChI is InChI=1S/C17H22N2O3.C2H6/c1-12(8-9-16(20)18-22)10-13(2)17(21)14-6-5-7-15(11-14)19(3)4;1-2/h5-11,13,22H,1-4H3,(H,18,20);1-2H3/b9-8+,12-10+;. The lowest BCUT2D eigenvalue weighted by molar-refractivity contribution is -0.124. The molecule has 0 heterocycles. The Bertz CT molecular complexity index is 604. The first-order valence-electron chi connectivity index (χ1n) is 7.97. The van der Waals surface area contributed by atoms with E-state index in [-0.39, 0.29) is 11.7 Å². The van der Waals surface area contributed by atoms with E-state index in [1.54, 1.807) is 25.1 Å². The molecule has 1 rings (SSSR count). The van der Waals surface area contributed by atoms with E-state index in [0.29, 0.717) is 5.56 Å². The molecule has 5 heteroatoms. The number of carbonyl (C=O) groups excluding carboxylic acids is 2. The normalized spacial score (nSPS) is 12.2. The quantitative estimate of drug-likeness (QED) is 0.274. The largest absolute Gasteiger partial charge is 0.378 e. The zero-order valence-electron chi connectivity index (χ0n) is 15.3. The zero-order valence-corrected chi connectivity index (χ0v) is 15.3. The minimum atomic E-state index is -0.606. The number of benzene rings is 1. The van der Waals surface area contributed by atoms with Crippen molar-refractivity contribution in [3.8, 4) is 0 Å². The fraction of sp³-hybridized carbons (Fsp3) is 0.368. The Kier molecular flexibility index (Phi) is 10.1. The minimum absolute atomic E-state index is 0.0167. The van der Waals surface area contributed by atoms with Crippen LogP contribution in [0.15, 0.2) is 48.1 Å². The van der Waals surface area contributed by atoms with Crippen LogP contribution in [0, 0.1) is 5.92 Å². The molecule has 0 aliphatic heterocycles. The predicted octanol–water partition coefficient (Wildman–Crippen LogP) is 3.61. The van der Waals surface area contributed by atoms with Crippen molar-refractivity contribution in [2.24, 2.45) is 5.92 Å². The summed E-state index contributed by atoms with van der Waals surface area (Å²) in [4.78, 5) is 25.3. The van der Waals surface area contributed by atoms with Gasteiger partial charge in [-0.05, 0) is 19.1 Å². The molecular weight excluding hydrogens is 304 g/mol. The van der Waals surface area contributed by atoms with Gasteiger partial charge in [-0.15, -0.1) is 0 Å². The van der Waals surface area contributed by atoms with E-state index in [0.717, 1.165) is 11.3 Å². The first-order chi connectivity index (χ1) is 11.3. The van der Waals surface area contributed by atoms with Crippen LogP contribution in [-0.2, 0) is 4.79 Å². The lowest BCUT2D eigenvalue weighted by Gasteiger charge is -2.14. The highest BCUT2D eigenvalue weighted by Crippen LogP contribution is 2.18. The topological polar surface area (TPSA) is 69.6 Å². The predicted molar refractivity (Wildman–Crippen MR) is 98.4 cm³/mol. The maximum Gasteiger partial charge on any atom is 0.267 e. The molecule has 24 heavy (non-hydrogen) atoms. The van der Waals surface area contributed by atoms with E-state index in [4.69, 9.17) is 5.21 Å². The van der Waals surface area contributed by atoms with E-state index in [1.807, 2.05) is 58.0 Å². The number of amides is 1. The number of hydroxylamine groups is 1. The van der Waals surface area contributed by atoms with Gasteiger partial charge in [-0.1, -0.05) is 50.6 Å². The monoisotopic (exact) mass is 332 g/mol. The Morgan fingerprint density at radius 3 is 2.38 bits per heavy atom. The van der Waals surface area contributed by atoms with Crippen LogP contribution >= 0.6 is 0 Å². The van der Waals surface area contributed by atoms with Gasteiger partial charge in [-0.25, -0.2) is 5.48 Å². The molecule has 1 amide bonds. The molecule has 0 aliphatic rings. The summed E-state index contributed by atoms with van der Waals surface area (Å²) in [5.74, 6) is -0.896. The van der Waals surface area contributed by atoms with Crippen LogP contribution in [0.2, 0.25) is 0 Å². The van der Waals surface area contributed by atoms with Crippen LogP contribution in [0.5, 0.6) is 0 Å². The average molecular weight is 332 g/mol. The van der Waals surface area contributed by atoms with E-state index in [1.165, 1.54) is 11.6 Å². The number of allylic oxidation sites excluding steroid dienone is 3. The van der Waals surface area contributed by atoms with Gasteiger partial charge < -0.3 is 4.90 Å². The van der Waals surface area contributed by atoms with Crippen LogP contribution in [0.25, 0.3) is 0 Å². The van der Waals surface area contributed by atoms with E-state index >= 15 is 0 Å². The summed E-state index contributed by atoms with van der Waals surface area (Å²) < 4.78 is 0. The molecule has 0 bridgehead atoms. The van der Waals surface area contributed by atoms with Crippen molar-refractivity contribution in [1.29, 1.82) is 0 Å². The number of anilines is 1. The number of hydrogen-bond acceptors (Lipinski definition) is 4. The SMILES string of the molecule is CC.CC(/C=C/C(=O)NO)=C\C(C)C(=O)c1cccc(N(C)C)c1. The molecule has 0 spiro atoms. The third-order valence-electron chi connectivity index (χ3n) is 3.18. The highest BCUT2D eigenvalue weighted by molar-refractivity contribution is 5.99. The smallest absolute Gasteiger partial charge is 0.267 e. The summed E-state index contributed by atoms with van der Waals surface area (Å²) in [7, 11) is 3.85. The molecule has 132 valence electrons. The van der Waals surface area contributed by atoms with Crippen molar-refractivity contribution in [3.63, 3.8) is 0 Å². The average Bonchev–Trinajstić information content (AvgIpc) is 2.60. The second-order valence-corrected chi connectivity index (χ2v) is 5.32. The Labute approximate surface area is 144 Å². The van der Waals surface area contributed by atoms with Crippen molar-refractivity contribution < 1.29 is 14.8 Å². The molecule has 2 N–H and O–H groups in total. The Balaban J connectivity index is 0.00000254. The van der Waals surface area contributed by atoms with Gasteiger partial charge in [0.05, 0.1) is 0 Å². The second kappa shape index (κ2) is 11.2. The molecule has 1 aromatic rings. The van der Waals surface area contributed by atoms with E-state index in [9.17, 15) is 9.59 Å². The Morgan fingerprint density at radius 2 is 1.83 bits per heavy atom. The van der Waals surface area contributed by atoms with E-state index in [2.05, 4.69) is 0 Å². The van der Waals surface area contributed by atoms with Gasteiger partial charge in [-0.2, -0.15) is 0 Å². The fourth-order valence-electron chi connectivity index (χ4n) is 1.97. The molecule has 0 saturated heterocycles. The molecular formula is C19H28N2O3. The highest BCUT2D eigenvalue weighted by Gasteiger charge is 2.13. The number of ketones is 1. The molecule has 1 atom stereocenters. The number of carbonyl (C=O) groups is 2. The maximum atomic E-state index is 12.4. The van der Waals surface area contributed by atoms with Gasteiger partial charge in [0.1, 0.15) is 0 Å². The number of nitrogens with one attached hydrogen (secondary N) is 1. The van der Waals surface area contributed by atoms with Gasteiger partial charge in [0.25, 0.3) is 5.91 Å². The van der Waals surface area contributed by atoms with Crippen molar-refractivity contribution in [3.05, 3.63) is 53.6 Å². The number of rotatable bonds is 6. The third-order valence-corrected chi connectivity index (χ3v) is 3.18. The van der Waals surface area contributed by atoms with Crippen LogP contribution in [0.4, 0.5) is 5.69 Å². The highest BCUT2D eigenvalue weighted by atomic mass is 16.5. The molecule has 0 aliphatic carbocycles. The molecule has 1 unspecified atom stereocenters. The summed E-state index contributed by atoms with van der Waals surface area (Å²) in [6, 6.07) is 7.46. The summed E-state index contributed by atoms with van der Waals surface area (Å²) >= 11 is 0. The first kappa shape index (κ1) is 21.6. The van der Waals surface area contributed by atoms with Crippen LogP contribution in [0.3, 0.4) is 0 Å². The molecule has 5 nitrogen and oxygen atoms in total. The fourth-order valence-corrected chi connectivity index (χ4v) is 1.97. The lowest BCUT2D eigenvalue weighted by atomic mass is 9.96. The summed E-state index contributed by atoms with van der Waals surface area (Å²) in [6.07, 6.45) is 4.53. The van der Waals surface area contributed by atoms with Gasteiger partial charge in [0, 0.05) is 37.3 Å². The second-order valence-electron chi connectivity index (χ2n) is 5.32. The molecule has 1 aromatic carbocycles. The number of nitrogens with zero attached hydrogens (tertiary/aromatic N) is 1. The zero-order chi connectivity index (χ0) is 18.7. The third kappa shape index (κ3) is 7.24. The molecule has 0 aromatic heterocycles. The van der Waals surface area contributed by atoms with Crippen molar-refractivity contribution >= 4 is 17.4 Å². The molecule has 0 fully saturated rings. The number of Topliss-reactive ketones (excluding diaryl/α,β-unsaturated/α-hetero) is 1. The maximum absolute atomic E-state index is 12.4.